The van der Waals surface area contributed by atoms with E-state index in [2.05, 4.69) is 4.98 Å². The zero-order valence-electron chi connectivity index (χ0n) is 11.0. The molecule has 3 nitrogen and oxygen atoms in total. The number of hydrogen-bond acceptors (Lipinski definition) is 3. The molecule has 1 N–H and O–H groups in total. The van der Waals surface area contributed by atoms with Crippen molar-refractivity contribution in [1.82, 2.24) is 4.98 Å². The second-order valence-corrected chi connectivity index (χ2v) is 4.81. The molecule has 0 saturated heterocycles. The van der Waals surface area contributed by atoms with E-state index in [1.54, 1.807) is 18.5 Å². The Morgan fingerprint density at radius 2 is 2.20 bits per heavy atom. The van der Waals surface area contributed by atoms with Crippen LogP contribution >= 0.6 is 0 Å². The largest absolute Gasteiger partial charge is 0.458 e. The first-order chi connectivity index (χ1) is 9.65. The molecule has 0 amide bonds. The van der Waals surface area contributed by atoms with Gasteiger partial charge < -0.3 is 9.52 Å². The van der Waals surface area contributed by atoms with E-state index < -0.39 is 6.10 Å². The second kappa shape index (κ2) is 5.06. The number of aryl methyl sites for hydroxylation is 1. The molecule has 0 spiro atoms. The average molecular weight is 271 g/mol. The lowest BCUT2D eigenvalue weighted by atomic mass is 10.0. The number of benzene rings is 1. The van der Waals surface area contributed by atoms with E-state index in [4.69, 9.17) is 4.42 Å². The molecule has 1 unspecified atom stereocenters. The number of pyridine rings is 1. The summed E-state index contributed by atoms with van der Waals surface area (Å²) in [5, 5.41) is 11.0. The van der Waals surface area contributed by atoms with Crippen molar-refractivity contribution in [2.24, 2.45) is 0 Å². The molecular weight excluding hydrogens is 257 g/mol. The van der Waals surface area contributed by atoms with Crippen LogP contribution in [0.1, 0.15) is 23.0 Å². The monoisotopic (exact) mass is 271 g/mol. The summed E-state index contributed by atoms with van der Waals surface area (Å²) in [7, 11) is 0. The van der Waals surface area contributed by atoms with Crippen molar-refractivity contribution in [1.29, 1.82) is 0 Å². The lowest BCUT2D eigenvalue weighted by Gasteiger charge is -2.08. The van der Waals surface area contributed by atoms with Crippen molar-refractivity contribution >= 4 is 11.0 Å². The predicted molar refractivity (Wildman–Crippen MR) is 73.8 cm³/mol. The first-order valence-electron chi connectivity index (χ1n) is 6.40. The fourth-order valence-electron chi connectivity index (χ4n) is 2.36. The van der Waals surface area contributed by atoms with Crippen molar-refractivity contribution in [3.63, 3.8) is 0 Å². The Morgan fingerprint density at radius 1 is 1.35 bits per heavy atom. The van der Waals surface area contributed by atoms with E-state index in [0.717, 1.165) is 11.1 Å². The molecule has 0 aliphatic heterocycles. The maximum absolute atomic E-state index is 13.3. The summed E-state index contributed by atoms with van der Waals surface area (Å²) in [5.41, 5.74) is 2.28. The number of fused-ring (bicyclic) bond motifs is 1. The average Bonchev–Trinajstić information content (AvgIpc) is 2.77. The number of halogens is 1. The van der Waals surface area contributed by atoms with Crippen molar-refractivity contribution in [2.45, 2.75) is 19.4 Å². The molecule has 2 aromatic heterocycles. The summed E-state index contributed by atoms with van der Waals surface area (Å²) < 4.78 is 18.9. The van der Waals surface area contributed by atoms with Gasteiger partial charge in [0.2, 0.25) is 0 Å². The Balaban J connectivity index is 1.95. The van der Waals surface area contributed by atoms with Gasteiger partial charge in [0.25, 0.3) is 0 Å². The van der Waals surface area contributed by atoms with E-state index in [9.17, 15) is 9.50 Å². The van der Waals surface area contributed by atoms with Crippen molar-refractivity contribution < 1.29 is 13.9 Å². The Labute approximate surface area is 115 Å². The van der Waals surface area contributed by atoms with Crippen LogP contribution in [-0.4, -0.2) is 10.1 Å². The fraction of sp³-hybridized carbons (Fsp3) is 0.188. The standard InChI is InChI=1S/C16H14FNO2/c1-10-13-8-12(17)4-5-15(13)20-16(10)14(19)7-11-3-2-6-18-9-11/h2-6,8-9,14,19H,7H2,1H3. The van der Waals surface area contributed by atoms with E-state index >= 15 is 0 Å². The third-order valence-corrected chi connectivity index (χ3v) is 3.39. The first kappa shape index (κ1) is 12.8. The predicted octanol–water partition coefficient (Wildman–Crippen LogP) is 3.55. The van der Waals surface area contributed by atoms with Gasteiger partial charge >= 0.3 is 0 Å². The molecule has 102 valence electrons. The first-order valence-corrected chi connectivity index (χ1v) is 6.40. The van der Waals surface area contributed by atoms with Gasteiger partial charge in [-0.2, -0.15) is 0 Å². The van der Waals surface area contributed by atoms with E-state index in [0.29, 0.717) is 23.2 Å². The normalized spacial score (nSPS) is 12.8. The number of rotatable bonds is 3. The Bertz CT molecular complexity index is 737. The molecule has 0 aliphatic rings. The third-order valence-electron chi connectivity index (χ3n) is 3.39. The lowest BCUT2D eigenvalue weighted by Crippen LogP contribution is -2.02. The second-order valence-electron chi connectivity index (χ2n) is 4.81. The van der Waals surface area contributed by atoms with Gasteiger partial charge in [-0.25, -0.2) is 4.39 Å². The van der Waals surface area contributed by atoms with Crippen LogP contribution in [0.4, 0.5) is 4.39 Å². The van der Waals surface area contributed by atoms with Gasteiger partial charge in [-0.1, -0.05) is 6.07 Å². The minimum absolute atomic E-state index is 0.310. The number of aromatic nitrogens is 1. The van der Waals surface area contributed by atoms with Gasteiger partial charge in [0.1, 0.15) is 23.3 Å². The zero-order valence-corrected chi connectivity index (χ0v) is 11.0. The summed E-state index contributed by atoms with van der Waals surface area (Å²) in [5.74, 6) is 0.171. The van der Waals surface area contributed by atoms with Gasteiger partial charge in [0.15, 0.2) is 0 Å². The van der Waals surface area contributed by atoms with Crippen LogP contribution in [0.2, 0.25) is 0 Å². The van der Waals surface area contributed by atoms with Crippen LogP contribution in [0.5, 0.6) is 0 Å². The molecule has 4 heteroatoms. The molecule has 0 aliphatic carbocycles. The lowest BCUT2D eigenvalue weighted by molar-refractivity contribution is 0.151. The van der Waals surface area contributed by atoms with Crippen molar-refractivity contribution in [2.75, 3.05) is 0 Å². The Kier molecular flexibility index (Phi) is 3.24. The molecule has 3 rings (SSSR count). The number of furan rings is 1. The minimum Gasteiger partial charge on any atom is -0.458 e. The van der Waals surface area contributed by atoms with E-state index in [1.807, 2.05) is 19.1 Å². The minimum atomic E-state index is -0.769. The molecular formula is C16H14FNO2. The van der Waals surface area contributed by atoms with Crippen molar-refractivity contribution in [3.8, 4) is 0 Å². The highest BCUT2D eigenvalue weighted by Gasteiger charge is 2.19. The quantitative estimate of drug-likeness (QED) is 0.792. The maximum atomic E-state index is 13.3. The number of aliphatic hydroxyl groups is 1. The van der Waals surface area contributed by atoms with Crippen LogP contribution in [-0.2, 0) is 6.42 Å². The number of hydrogen-bond donors (Lipinski definition) is 1. The van der Waals surface area contributed by atoms with Gasteiger partial charge in [-0.15, -0.1) is 0 Å². The highest BCUT2D eigenvalue weighted by atomic mass is 19.1. The highest BCUT2D eigenvalue weighted by Crippen LogP contribution is 2.31. The van der Waals surface area contributed by atoms with E-state index in [1.165, 1.54) is 12.1 Å². The molecule has 0 saturated carbocycles. The van der Waals surface area contributed by atoms with E-state index in [-0.39, 0.29) is 5.82 Å². The van der Waals surface area contributed by atoms with Crippen molar-refractivity contribution in [3.05, 3.63) is 65.4 Å². The topological polar surface area (TPSA) is 46.3 Å². The summed E-state index contributed by atoms with van der Waals surface area (Å²) >= 11 is 0. The van der Waals surface area contributed by atoms with Crippen LogP contribution in [0.15, 0.2) is 47.1 Å². The molecule has 2 heterocycles. The van der Waals surface area contributed by atoms with Gasteiger partial charge in [0.05, 0.1) is 0 Å². The Hall–Kier alpha value is -2.20. The fourth-order valence-corrected chi connectivity index (χ4v) is 2.36. The number of nitrogens with zero attached hydrogens (tertiary/aromatic N) is 1. The SMILES string of the molecule is Cc1c(C(O)Cc2cccnc2)oc2ccc(F)cc12. The van der Waals surface area contributed by atoms with Crippen LogP contribution < -0.4 is 0 Å². The Morgan fingerprint density at radius 3 is 2.95 bits per heavy atom. The van der Waals surface area contributed by atoms with Crippen LogP contribution in [0.3, 0.4) is 0 Å². The molecule has 1 aromatic carbocycles. The molecule has 0 radical (unpaired) electrons. The summed E-state index contributed by atoms with van der Waals surface area (Å²) in [4.78, 5) is 4.02. The molecule has 3 aromatic rings. The van der Waals surface area contributed by atoms with Crippen LogP contribution in [0.25, 0.3) is 11.0 Å². The summed E-state index contributed by atoms with van der Waals surface area (Å²) in [6, 6.07) is 8.08. The zero-order chi connectivity index (χ0) is 14.1. The van der Waals surface area contributed by atoms with Gasteiger partial charge in [0, 0.05) is 29.8 Å². The molecule has 1 atom stereocenters. The molecule has 20 heavy (non-hydrogen) atoms. The van der Waals surface area contributed by atoms with Gasteiger partial charge in [-0.3, -0.25) is 4.98 Å². The summed E-state index contributed by atoms with van der Waals surface area (Å²) in [6.07, 6.45) is 3.04. The summed E-state index contributed by atoms with van der Waals surface area (Å²) in [6.45, 7) is 1.83. The number of aliphatic hydroxyl groups excluding tert-OH is 1. The smallest absolute Gasteiger partial charge is 0.137 e. The molecule has 0 fully saturated rings. The maximum Gasteiger partial charge on any atom is 0.137 e. The third kappa shape index (κ3) is 2.30. The molecule has 0 bridgehead atoms. The van der Waals surface area contributed by atoms with Gasteiger partial charge in [-0.05, 0) is 36.8 Å². The van der Waals surface area contributed by atoms with Crippen LogP contribution in [0, 0.1) is 12.7 Å². The highest BCUT2D eigenvalue weighted by molar-refractivity contribution is 5.82.